The largest absolute Gasteiger partial charge is 0.373 e. The number of rotatable bonds is 3. The fourth-order valence-corrected chi connectivity index (χ4v) is 3.89. The van der Waals surface area contributed by atoms with E-state index in [1.54, 1.807) is 0 Å². The van der Waals surface area contributed by atoms with Crippen molar-refractivity contribution in [3.8, 4) is 0 Å². The fraction of sp³-hybridized carbons (Fsp3) is 0.750. The molecule has 0 spiro atoms. The SMILES string of the molecule is CN=C(NCc1cn2c(n1)CCCC2)NC1CC2CCC1O2.I. The third-order valence-electron chi connectivity index (χ3n) is 5.05. The summed E-state index contributed by atoms with van der Waals surface area (Å²) in [6, 6.07) is 0.403. The zero-order chi connectivity index (χ0) is 14.9. The van der Waals surface area contributed by atoms with Gasteiger partial charge in [-0.05, 0) is 32.1 Å². The Kier molecular flexibility index (Phi) is 5.45. The molecule has 3 aliphatic rings. The smallest absolute Gasteiger partial charge is 0.191 e. The predicted molar refractivity (Wildman–Crippen MR) is 100 cm³/mol. The number of nitrogens with zero attached hydrogens (tertiary/aromatic N) is 3. The van der Waals surface area contributed by atoms with Gasteiger partial charge >= 0.3 is 0 Å². The summed E-state index contributed by atoms with van der Waals surface area (Å²) in [5, 5.41) is 6.90. The third-order valence-corrected chi connectivity index (χ3v) is 5.05. The van der Waals surface area contributed by atoms with Crippen molar-refractivity contribution in [2.45, 2.75) is 69.9 Å². The van der Waals surface area contributed by atoms with Gasteiger partial charge in [0.25, 0.3) is 0 Å². The molecule has 0 radical (unpaired) electrons. The maximum absolute atomic E-state index is 5.89. The molecule has 2 bridgehead atoms. The summed E-state index contributed by atoms with van der Waals surface area (Å²) in [5.41, 5.74) is 1.10. The van der Waals surface area contributed by atoms with Crippen LogP contribution in [-0.2, 0) is 24.2 Å². The van der Waals surface area contributed by atoms with Crippen LogP contribution >= 0.6 is 24.0 Å². The van der Waals surface area contributed by atoms with E-state index in [1.165, 1.54) is 31.5 Å². The second-order valence-corrected chi connectivity index (χ2v) is 6.59. The first-order valence-electron chi connectivity index (χ1n) is 8.49. The van der Waals surface area contributed by atoms with Gasteiger partial charge in [-0.15, -0.1) is 24.0 Å². The molecule has 0 aromatic carbocycles. The van der Waals surface area contributed by atoms with E-state index in [0.29, 0.717) is 18.2 Å². The molecule has 7 heteroatoms. The number of fused-ring (bicyclic) bond motifs is 3. The van der Waals surface area contributed by atoms with Gasteiger partial charge in [0.15, 0.2) is 5.96 Å². The van der Waals surface area contributed by atoms with Gasteiger partial charge in [-0.25, -0.2) is 4.98 Å². The van der Waals surface area contributed by atoms with E-state index in [1.807, 2.05) is 7.05 Å². The van der Waals surface area contributed by atoms with Crippen LogP contribution in [0.5, 0.6) is 0 Å². The van der Waals surface area contributed by atoms with Crippen LogP contribution in [0.1, 0.15) is 43.6 Å². The van der Waals surface area contributed by atoms with E-state index in [9.17, 15) is 0 Å². The molecule has 2 N–H and O–H groups in total. The van der Waals surface area contributed by atoms with Crippen LogP contribution in [0.3, 0.4) is 0 Å². The monoisotopic (exact) mass is 431 g/mol. The fourth-order valence-electron chi connectivity index (χ4n) is 3.89. The highest BCUT2D eigenvalue weighted by molar-refractivity contribution is 14.0. The number of imidazole rings is 1. The summed E-state index contributed by atoms with van der Waals surface area (Å²) in [6.07, 6.45) is 10.1. The molecule has 23 heavy (non-hydrogen) atoms. The summed E-state index contributed by atoms with van der Waals surface area (Å²) < 4.78 is 8.18. The molecule has 0 amide bonds. The van der Waals surface area contributed by atoms with Crippen molar-refractivity contribution in [1.82, 2.24) is 20.2 Å². The lowest BCUT2D eigenvalue weighted by atomic mass is 9.96. The number of halogens is 1. The van der Waals surface area contributed by atoms with Crippen molar-refractivity contribution in [2.24, 2.45) is 4.99 Å². The summed E-state index contributed by atoms with van der Waals surface area (Å²) in [7, 11) is 1.82. The summed E-state index contributed by atoms with van der Waals surface area (Å²) in [6.45, 7) is 1.83. The number of hydrogen-bond donors (Lipinski definition) is 2. The molecule has 3 aliphatic heterocycles. The Labute approximate surface area is 154 Å². The first-order valence-corrected chi connectivity index (χ1v) is 8.49. The van der Waals surface area contributed by atoms with Crippen LogP contribution in [0.15, 0.2) is 11.2 Å². The Morgan fingerprint density at radius 2 is 2.35 bits per heavy atom. The molecule has 1 aromatic rings. The Balaban J connectivity index is 0.00000156. The van der Waals surface area contributed by atoms with Crippen molar-refractivity contribution in [3.05, 3.63) is 17.7 Å². The van der Waals surface area contributed by atoms with E-state index >= 15 is 0 Å². The molecule has 6 nitrogen and oxygen atoms in total. The third kappa shape index (κ3) is 3.65. The molecule has 4 rings (SSSR count). The van der Waals surface area contributed by atoms with Gasteiger partial charge in [-0.1, -0.05) is 0 Å². The van der Waals surface area contributed by atoms with E-state index in [0.717, 1.165) is 37.6 Å². The van der Waals surface area contributed by atoms with Crippen LogP contribution in [0.4, 0.5) is 0 Å². The van der Waals surface area contributed by atoms with Crippen LogP contribution in [-0.4, -0.2) is 40.8 Å². The lowest BCUT2D eigenvalue weighted by Gasteiger charge is -2.22. The summed E-state index contributed by atoms with van der Waals surface area (Å²) >= 11 is 0. The number of guanidine groups is 1. The number of aryl methyl sites for hydroxylation is 2. The zero-order valence-corrected chi connectivity index (χ0v) is 16.0. The van der Waals surface area contributed by atoms with Crippen LogP contribution < -0.4 is 10.6 Å². The Morgan fingerprint density at radius 3 is 3.04 bits per heavy atom. The molecular weight excluding hydrogens is 405 g/mol. The average molecular weight is 431 g/mol. The van der Waals surface area contributed by atoms with Crippen LogP contribution in [0.2, 0.25) is 0 Å². The first-order chi connectivity index (χ1) is 10.8. The Bertz CT molecular complexity index is 549. The van der Waals surface area contributed by atoms with Crippen LogP contribution in [0.25, 0.3) is 0 Å². The van der Waals surface area contributed by atoms with E-state index in [2.05, 4.69) is 26.4 Å². The standard InChI is InChI=1S/C16H25N5O.HI/c1-17-16(20-13-8-12-5-6-14(13)22-12)18-9-11-10-21-7-3-2-4-15(21)19-11;/h10,12-14H,2-9H2,1H3,(H2,17,18,20);1H. The predicted octanol–water partition coefficient (Wildman–Crippen LogP) is 1.82. The van der Waals surface area contributed by atoms with E-state index in [4.69, 9.17) is 9.72 Å². The molecule has 2 saturated heterocycles. The second kappa shape index (κ2) is 7.38. The minimum absolute atomic E-state index is 0. The summed E-state index contributed by atoms with van der Waals surface area (Å²) in [5.74, 6) is 2.08. The van der Waals surface area contributed by atoms with Crippen LogP contribution in [0, 0.1) is 0 Å². The van der Waals surface area contributed by atoms with Gasteiger partial charge in [-0.3, -0.25) is 4.99 Å². The minimum atomic E-state index is 0. The van der Waals surface area contributed by atoms with Crippen molar-refractivity contribution < 1.29 is 4.74 Å². The molecule has 4 heterocycles. The van der Waals surface area contributed by atoms with Gasteiger partial charge in [0.05, 0.1) is 30.5 Å². The molecule has 3 atom stereocenters. The highest BCUT2D eigenvalue weighted by Crippen LogP contribution is 2.34. The van der Waals surface area contributed by atoms with Crippen molar-refractivity contribution in [2.75, 3.05) is 7.05 Å². The topological polar surface area (TPSA) is 63.5 Å². The van der Waals surface area contributed by atoms with Gasteiger partial charge in [0, 0.05) is 26.2 Å². The Hall–Kier alpha value is -0.830. The maximum Gasteiger partial charge on any atom is 0.191 e. The number of ether oxygens (including phenoxy) is 1. The van der Waals surface area contributed by atoms with E-state index < -0.39 is 0 Å². The first kappa shape index (κ1) is 17.0. The lowest BCUT2D eigenvalue weighted by Crippen LogP contribution is -2.47. The molecule has 0 aliphatic carbocycles. The highest BCUT2D eigenvalue weighted by atomic mass is 127. The molecular formula is C16H26IN5O. The zero-order valence-electron chi connectivity index (χ0n) is 13.6. The average Bonchev–Trinajstić information content (AvgIpc) is 3.25. The van der Waals surface area contributed by atoms with Crippen molar-refractivity contribution in [3.63, 3.8) is 0 Å². The molecule has 2 fully saturated rings. The molecule has 1 aromatic heterocycles. The molecule has 3 unspecified atom stereocenters. The summed E-state index contributed by atoms with van der Waals surface area (Å²) in [4.78, 5) is 9.06. The lowest BCUT2D eigenvalue weighted by molar-refractivity contribution is 0.0992. The Morgan fingerprint density at radius 1 is 1.43 bits per heavy atom. The number of hydrogen-bond acceptors (Lipinski definition) is 3. The van der Waals surface area contributed by atoms with Gasteiger partial charge in [0.1, 0.15) is 5.82 Å². The minimum Gasteiger partial charge on any atom is -0.373 e. The van der Waals surface area contributed by atoms with Crippen molar-refractivity contribution in [1.29, 1.82) is 0 Å². The maximum atomic E-state index is 5.89. The second-order valence-electron chi connectivity index (χ2n) is 6.59. The van der Waals surface area contributed by atoms with Gasteiger partial charge < -0.3 is 19.9 Å². The van der Waals surface area contributed by atoms with E-state index in [-0.39, 0.29) is 24.0 Å². The molecule has 128 valence electrons. The number of aliphatic imine (C=N–C) groups is 1. The highest BCUT2D eigenvalue weighted by Gasteiger charge is 2.41. The van der Waals surface area contributed by atoms with Gasteiger partial charge in [0.2, 0.25) is 0 Å². The normalized spacial score (nSPS) is 29.1. The van der Waals surface area contributed by atoms with Gasteiger partial charge in [-0.2, -0.15) is 0 Å². The van der Waals surface area contributed by atoms with Crippen molar-refractivity contribution >= 4 is 29.9 Å². The molecule has 0 saturated carbocycles. The quantitative estimate of drug-likeness (QED) is 0.436. The number of nitrogens with one attached hydrogen (secondary N) is 2. The number of aromatic nitrogens is 2.